The van der Waals surface area contributed by atoms with Crippen LogP contribution in [-0.2, 0) is 14.4 Å². The molecule has 0 radical (unpaired) electrons. The molecule has 1 aliphatic heterocycles. The first-order valence-electron chi connectivity index (χ1n) is 13.5. The van der Waals surface area contributed by atoms with Crippen LogP contribution in [0.4, 0.5) is 0 Å². The molecular weight excluding hydrogens is 482 g/mol. The van der Waals surface area contributed by atoms with E-state index in [0.717, 1.165) is 17.1 Å². The first kappa shape index (κ1) is 32.8. The number of nitrogens with one attached hydrogen (secondary N) is 2. The maximum Gasteiger partial charge on any atom is 0.246 e. The van der Waals surface area contributed by atoms with Crippen LogP contribution >= 0.6 is 0 Å². The number of imidazole rings is 1. The fourth-order valence-corrected chi connectivity index (χ4v) is 4.29. The minimum Gasteiger partial charge on any atom is -0.391 e. The van der Waals surface area contributed by atoms with E-state index >= 15 is 0 Å². The molecule has 1 saturated heterocycles. The molecule has 9 heteroatoms. The van der Waals surface area contributed by atoms with Crippen LogP contribution in [0.15, 0.2) is 36.7 Å². The summed E-state index contributed by atoms with van der Waals surface area (Å²) in [7, 11) is 0. The summed E-state index contributed by atoms with van der Waals surface area (Å²) in [5.74, 6) is -0.141. The third-order valence-corrected chi connectivity index (χ3v) is 6.18. The number of benzene rings is 1. The molecular formula is C29H47N5O4. The molecule has 3 rings (SSSR count). The molecule has 3 N–H and O–H groups in total. The van der Waals surface area contributed by atoms with Crippen molar-refractivity contribution < 1.29 is 19.5 Å². The van der Waals surface area contributed by atoms with Crippen molar-refractivity contribution in [2.75, 3.05) is 6.54 Å². The van der Waals surface area contributed by atoms with Gasteiger partial charge in [0.15, 0.2) is 0 Å². The minimum atomic E-state index is -0.809. The molecule has 0 bridgehead atoms. The van der Waals surface area contributed by atoms with E-state index in [1.165, 1.54) is 11.8 Å². The molecule has 4 atom stereocenters. The van der Waals surface area contributed by atoms with Crippen molar-refractivity contribution in [3.8, 4) is 5.69 Å². The minimum absolute atomic E-state index is 0.0520. The molecule has 9 nitrogen and oxygen atoms in total. The highest BCUT2D eigenvalue weighted by Gasteiger charge is 2.44. The van der Waals surface area contributed by atoms with Gasteiger partial charge >= 0.3 is 0 Å². The molecule has 1 aromatic heterocycles. The molecule has 1 fully saturated rings. The number of aliphatic hydroxyl groups is 1. The highest BCUT2D eigenvalue weighted by Crippen LogP contribution is 2.27. The Bertz CT molecular complexity index is 1040. The number of aliphatic hydroxyl groups excluding tert-OH is 1. The molecule has 1 aliphatic rings. The molecule has 2 heterocycles. The summed E-state index contributed by atoms with van der Waals surface area (Å²) in [4.78, 5) is 43.8. The summed E-state index contributed by atoms with van der Waals surface area (Å²) in [6.45, 7) is 18.8. The fraction of sp³-hybridized carbons (Fsp3) is 0.586. The summed E-state index contributed by atoms with van der Waals surface area (Å²) in [5.41, 5.74) is 1.33. The molecule has 0 spiro atoms. The van der Waals surface area contributed by atoms with Crippen LogP contribution in [0.3, 0.4) is 0 Å². The molecule has 38 heavy (non-hydrogen) atoms. The topological polar surface area (TPSA) is 117 Å². The number of aromatic nitrogens is 2. The van der Waals surface area contributed by atoms with Gasteiger partial charge in [0.05, 0.1) is 12.1 Å². The van der Waals surface area contributed by atoms with E-state index < -0.39 is 23.6 Å². The summed E-state index contributed by atoms with van der Waals surface area (Å²) in [5, 5.41) is 15.9. The lowest BCUT2D eigenvalue weighted by Gasteiger charge is -2.35. The number of carbonyl (C=O) groups is 3. The first-order valence-corrected chi connectivity index (χ1v) is 13.5. The van der Waals surface area contributed by atoms with E-state index in [1.807, 2.05) is 97.3 Å². The number of aryl methyl sites for hydroxylation is 1. The Morgan fingerprint density at radius 2 is 1.63 bits per heavy atom. The lowest BCUT2D eigenvalue weighted by molar-refractivity contribution is -0.144. The van der Waals surface area contributed by atoms with Crippen LogP contribution in [-0.4, -0.2) is 62.0 Å². The number of amides is 3. The van der Waals surface area contributed by atoms with Gasteiger partial charge in [0.2, 0.25) is 17.7 Å². The Labute approximate surface area is 228 Å². The average molecular weight is 530 g/mol. The third kappa shape index (κ3) is 8.41. The number of β-amino-alcohol motifs (C(OH)–C–C–N with tert-alkyl or cyclic N) is 1. The van der Waals surface area contributed by atoms with Crippen molar-refractivity contribution in [3.05, 3.63) is 48.0 Å². The van der Waals surface area contributed by atoms with Crippen LogP contribution in [0.1, 0.15) is 86.2 Å². The zero-order valence-corrected chi connectivity index (χ0v) is 24.7. The molecule has 0 aliphatic carbocycles. The van der Waals surface area contributed by atoms with Crippen LogP contribution in [0.2, 0.25) is 0 Å². The van der Waals surface area contributed by atoms with Crippen molar-refractivity contribution >= 4 is 17.7 Å². The molecule has 1 aromatic carbocycles. The number of nitrogens with zero attached hydrogens (tertiary/aromatic N) is 3. The zero-order valence-electron chi connectivity index (χ0n) is 24.7. The number of rotatable bonds is 6. The van der Waals surface area contributed by atoms with Crippen LogP contribution in [0, 0.1) is 12.3 Å². The average Bonchev–Trinajstić information content (AvgIpc) is 3.49. The lowest BCUT2D eigenvalue weighted by atomic mass is 9.85. The van der Waals surface area contributed by atoms with Crippen LogP contribution in [0.5, 0.6) is 0 Å². The Kier molecular flexibility index (Phi) is 12.7. The van der Waals surface area contributed by atoms with Gasteiger partial charge in [-0.1, -0.05) is 60.6 Å². The number of carbonyl (C=O) groups excluding carboxylic acids is 3. The predicted molar refractivity (Wildman–Crippen MR) is 151 cm³/mol. The quantitative estimate of drug-likeness (QED) is 0.524. The largest absolute Gasteiger partial charge is 0.391 e. The smallest absolute Gasteiger partial charge is 0.246 e. The lowest BCUT2D eigenvalue weighted by Crippen LogP contribution is -2.57. The highest BCUT2D eigenvalue weighted by atomic mass is 16.3. The zero-order chi connectivity index (χ0) is 29.2. The highest BCUT2D eigenvalue weighted by molar-refractivity contribution is 5.93. The van der Waals surface area contributed by atoms with Gasteiger partial charge in [-0.2, -0.15) is 0 Å². The maximum atomic E-state index is 13.3. The van der Waals surface area contributed by atoms with Crippen molar-refractivity contribution in [2.24, 2.45) is 5.41 Å². The first-order chi connectivity index (χ1) is 17.9. The van der Waals surface area contributed by atoms with E-state index in [0.29, 0.717) is 0 Å². The van der Waals surface area contributed by atoms with Gasteiger partial charge in [0, 0.05) is 38.0 Å². The van der Waals surface area contributed by atoms with Gasteiger partial charge in [-0.15, -0.1) is 0 Å². The SMILES string of the molecule is CC.CC.CC(=O)NC(C(=O)N1CC(O)CC1C(=O)NC(C)c1ccc(-n2ccnc2C)cc1)C(C)(C)C. The number of hydrogen-bond donors (Lipinski definition) is 3. The van der Waals surface area contributed by atoms with Gasteiger partial charge in [0.1, 0.15) is 17.9 Å². The van der Waals surface area contributed by atoms with Crippen molar-refractivity contribution in [1.82, 2.24) is 25.1 Å². The van der Waals surface area contributed by atoms with Crippen LogP contribution < -0.4 is 10.6 Å². The molecule has 0 saturated carbocycles. The summed E-state index contributed by atoms with van der Waals surface area (Å²) < 4.78 is 1.97. The summed E-state index contributed by atoms with van der Waals surface area (Å²) >= 11 is 0. The van der Waals surface area contributed by atoms with E-state index in [4.69, 9.17) is 0 Å². The van der Waals surface area contributed by atoms with E-state index in [9.17, 15) is 19.5 Å². The Morgan fingerprint density at radius 1 is 1.05 bits per heavy atom. The van der Waals surface area contributed by atoms with Gasteiger partial charge in [-0.05, 0) is 37.0 Å². The van der Waals surface area contributed by atoms with Crippen LogP contribution in [0.25, 0.3) is 5.69 Å². The maximum absolute atomic E-state index is 13.3. The number of hydrogen-bond acceptors (Lipinski definition) is 5. The van der Waals surface area contributed by atoms with Gasteiger partial charge in [-0.25, -0.2) is 4.98 Å². The molecule has 3 amide bonds. The Morgan fingerprint density at radius 3 is 2.11 bits per heavy atom. The molecule has 2 aromatic rings. The Balaban J connectivity index is 0.00000172. The third-order valence-electron chi connectivity index (χ3n) is 6.18. The fourth-order valence-electron chi connectivity index (χ4n) is 4.29. The van der Waals surface area contributed by atoms with E-state index in [1.54, 1.807) is 6.20 Å². The monoisotopic (exact) mass is 529 g/mol. The Hall–Kier alpha value is -3.20. The predicted octanol–water partition coefficient (Wildman–Crippen LogP) is 3.92. The second-order valence-electron chi connectivity index (χ2n) is 10.1. The second kappa shape index (κ2) is 14.7. The van der Waals surface area contributed by atoms with Crippen molar-refractivity contribution in [3.63, 3.8) is 0 Å². The standard InChI is InChI=1S/C25H35N5O4.2C2H6/c1-15(18-7-9-19(10-8-18)29-12-11-26-16(29)2)27-23(33)21-13-20(32)14-30(21)24(34)22(25(4,5)6)28-17(3)31;2*1-2/h7-12,15,20-22,32H,13-14H2,1-6H3,(H,27,33)(H,28,31);2*1-2H3. The van der Waals surface area contributed by atoms with E-state index in [2.05, 4.69) is 15.6 Å². The molecule has 4 unspecified atom stereocenters. The van der Waals surface area contributed by atoms with Gasteiger partial charge in [0.25, 0.3) is 0 Å². The van der Waals surface area contributed by atoms with Crippen molar-refractivity contribution in [2.45, 2.75) is 99.9 Å². The van der Waals surface area contributed by atoms with Gasteiger partial charge in [-0.3, -0.25) is 14.4 Å². The normalized spacial score (nSPS) is 18.2. The van der Waals surface area contributed by atoms with Crippen molar-refractivity contribution in [1.29, 1.82) is 0 Å². The van der Waals surface area contributed by atoms with E-state index in [-0.39, 0.29) is 36.7 Å². The van der Waals surface area contributed by atoms with Gasteiger partial charge < -0.3 is 25.2 Å². The summed E-state index contributed by atoms with van der Waals surface area (Å²) in [6, 6.07) is 5.90. The molecule has 212 valence electrons. The summed E-state index contributed by atoms with van der Waals surface area (Å²) in [6.07, 6.45) is 2.98. The second-order valence-corrected chi connectivity index (χ2v) is 10.1. The number of likely N-dealkylation sites (tertiary alicyclic amines) is 1.